The summed E-state index contributed by atoms with van der Waals surface area (Å²) in [6.07, 6.45) is 9.45. The highest BCUT2D eigenvalue weighted by Gasteiger charge is 2.16. The molecule has 3 nitrogen and oxygen atoms in total. The van der Waals surface area contributed by atoms with Gasteiger partial charge in [-0.25, -0.2) is 0 Å². The number of methoxy groups -OCH3 is 1. The average Bonchev–Trinajstić information content (AvgIpc) is 2.49. The summed E-state index contributed by atoms with van der Waals surface area (Å²) in [6, 6.07) is 8.46. The smallest absolute Gasteiger partial charge is 0.118 e. The molecule has 3 heteroatoms. The van der Waals surface area contributed by atoms with E-state index in [1.807, 2.05) is 12.1 Å². The van der Waals surface area contributed by atoms with Crippen molar-refractivity contribution in [1.29, 1.82) is 0 Å². The molecule has 1 aliphatic carbocycles. The second-order valence-corrected chi connectivity index (χ2v) is 5.57. The highest BCUT2D eigenvalue weighted by Crippen LogP contribution is 2.30. The Bertz CT molecular complexity index is 358. The topological polar surface area (TPSA) is 47.3 Å². The predicted octanol–water partition coefficient (Wildman–Crippen LogP) is 3.56. The molecule has 1 aliphatic rings. The lowest BCUT2D eigenvalue weighted by Crippen LogP contribution is -2.28. The zero-order chi connectivity index (χ0) is 13.5. The molecule has 0 spiro atoms. The molecule has 1 aromatic rings. The summed E-state index contributed by atoms with van der Waals surface area (Å²) >= 11 is 0. The van der Waals surface area contributed by atoms with Gasteiger partial charge in [-0.1, -0.05) is 44.2 Å². The molecule has 0 bridgehead atoms. The van der Waals surface area contributed by atoms with Crippen LogP contribution in [0.3, 0.4) is 0 Å². The Kier molecular flexibility index (Phi) is 5.67. The summed E-state index contributed by atoms with van der Waals surface area (Å²) in [4.78, 5) is 0. The minimum absolute atomic E-state index is 0.257. The molecule has 1 atom stereocenters. The van der Waals surface area contributed by atoms with Crippen molar-refractivity contribution in [3.05, 3.63) is 29.8 Å². The van der Waals surface area contributed by atoms with Crippen molar-refractivity contribution >= 4 is 0 Å². The van der Waals surface area contributed by atoms with Gasteiger partial charge in [0.25, 0.3) is 0 Å². The second kappa shape index (κ2) is 7.51. The standard InChI is InChI=1S/C16H26N2O/c1-19-15-10-8-14(9-11-15)16(18-17)12-7-13-5-3-2-4-6-13/h8-11,13,16,18H,2-7,12,17H2,1H3. The minimum atomic E-state index is 0.257. The van der Waals surface area contributed by atoms with Crippen LogP contribution >= 0.6 is 0 Å². The summed E-state index contributed by atoms with van der Waals surface area (Å²) in [7, 11) is 1.69. The molecule has 1 unspecified atom stereocenters. The summed E-state index contributed by atoms with van der Waals surface area (Å²) in [5.74, 6) is 7.51. The van der Waals surface area contributed by atoms with Gasteiger partial charge in [0, 0.05) is 6.04 Å². The van der Waals surface area contributed by atoms with Crippen LogP contribution in [0, 0.1) is 5.92 Å². The highest BCUT2D eigenvalue weighted by molar-refractivity contribution is 5.29. The van der Waals surface area contributed by atoms with Crippen LogP contribution in [0.15, 0.2) is 24.3 Å². The van der Waals surface area contributed by atoms with Crippen LogP contribution in [0.2, 0.25) is 0 Å². The van der Waals surface area contributed by atoms with Crippen LogP contribution in [0.5, 0.6) is 5.75 Å². The Morgan fingerprint density at radius 2 is 1.89 bits per heavy atom. The number of hydrogen-bond acceptors (Lipinski definition) is 3. The monoisotopic (exact) mass is 262 g/mol. The SMILES string of the molecule is COc1ccc(C(CCC2CCCCC2)NN)cc1. The summed E-state index contributed by atoms with van der Waals surface area (Å²) in [5, 5.41) is 0. The van der Waals surface area contributed by atoms with E-state index in [9.17, 15) is 0 Å². The molecule has 2 rings (SSSR count). The first kappa shape index (κ1) is 14.4. The van der Waals surface area contributed by atoms with Crippen molar-refractivity contribution < 1.29 is 4.74 Å². The van der Waals surface area contributed by atoms with E-state index >= 15 is 0 Å². The zero-order valence-corrected chi connectivity index (χ0v) is 11.9. The van der Waals surface area contributed by atoms with Gasteiger partial charge < -0.3 is 4.74 Å². The third kappa shape index (κ3) is 4.22. The molecule has 0 amide bonds. The van der Waals surface area contributed by atoms with E-state index in [2.05, 4.69) is 17.6 Å². The maximum atomic E-state index is 5.71. The summed E-state index contributed by atoms with van der Waals surface area (Å²) in [6.45, 7) is 0. The number of ether oxygens (including phenoxy) is 1. The zero-order valence-electron chi connectivity index (χ0n) is 11.9. The van der Waals surface area contributed by atoms with E-state index in [1.54, 1.807) is 7.11 Å². The van der Waals surface area contributed by atoms with Gasteiger partial charge in [-0.3, -0.25) is 11.3 Å². The van der Waals surface area contributed by atoms with E-state index in [1.165, 1.54) is 44.1 Å². The van der Waals surface area contributed by atoms with Gasteiger partial charge in [-0.15, -0.1) is 0 Å². The largest absolute Gasteiger partial charge is 0.497 e. The van der Waals surface area contributed by atoms with E-state index in [0.717, 1.165) is 18.1 Å². The number of nitrogens with two attached hydrogens (primary N) is 1. The van der Waals surface area contributed by atoms with E-state index in [0.29, 0.717) is 0 Å². The van der Waals surface area contributed by atoms with Crippen molar-refractivity contribution in [3.8, 4) is 5.75 Å². The van der Waals surface area contributed by atoms with Crippen LogP contribution in [-0.2, 0) is 0 Å². The van der Waals surface area contributed by atoms with Crippen LogP contribution in [0.1, 0.15) is 56.6 Å². The Labute approximate surface area is 116 Å². The predicted molar refractivity (Wildman–Crippen MR) is 78.9 cm³/mol. The molecule has 3 N–H and O–H groups in total. The van der Waals surface area contributed by atoms with Crippen molar-refractivity contribution in [1.82, 2.24) is 5.43 Å². The van der Waals surface area contributed by atoms with Gasteiger partial charge in [0.1, 0.15) is 5.75 Å². The Morgan fingerprint density at radius 1 is 1.21 bits per heavy atom. The average molecular weight is 262 g/mol. The van der Waals surface area contributed by atoms with Crippen LogP contribution < -0.4 is 16.0 Å². The molecule has 0 heterocycles. The third-order valence-corrected chi connectivity index (χ3v) is 4.31. The Balaban J connectivity index is 1.87. The normalized spacial score (nSPS) is 18.2. The fraction of sp³-hybridized carbons (Fsp3) is 0.625. The molecular weight excluding hydrogens is 236 g/mol. The lowest BCUT2D eigenvalue weighted by atomic mass is 9.84. The number of hydrogen-bond donors (Lipinski definition) is 2. The molecule has 0 radical (unpaired) electrons. The van der Waals surface area contributed by atoms with Gasteiger partial charge in [-0.2, -0.15) is 0 Å². The van der Waals surface area contributed by atoms with Gasteiger partial charge in [0.05, 0.1) is 7.11 Å². The number of benzene rings is 1. The molecule has 1 aromatic carbocycles. The van der Waals surface area contributed by atoms with Gasteiger partial charge in [-0.05, 0) is 36.5 Å². The first-order valence-corrected chi connectivity index (χ1v) is 7.43. The molecule has 19 heavy (non-hydrogen) atoms. The fourth-order valence-electron chi connectivity index (χ4n) is 3.06. The van der Waals surface area contributed by atoms with Gasteiger partial charge >= 0.3 is 0 Å². The molecule has 1 saturated carbocycles. The number of nitrogens with one attached hydrogen (secondary N) is 1. The molecule has 1 fully saturated rings. The number of rotatable bonds is 6. The molecule has 0 aromatic heterocycles. The number of hydrazine groups is 1. The summed E-state index contributed by atoms with van der Waals surface area (Å²) in [5.41, 5.74) is 4.20. The van der Waals surface area contributed by atoms with Crippen molar-refractivity contribution in [3.63, 3.8) is 0 Å². The molecule has 0 aliphatic heterocycles. The molecule has 106 valence electrons. The van der Waals surface area contributed by atoms with Crippen molar-refractivity contribution in [2.45, 2.75) is 51.0 Å². The van der Waals surface area contributed by atoms with Crippen molar-refractivity contribution in [2.24, 2.45) is 11.8 Å². The maximum absolute atomic E-state index is 5.71. The first-order valence-electron chi connectivity index (χ1n) is 7.43. The van der Waals surface area contributed by atoms with Crippen LogP contribution in [0.4, 0.5) is 0 Å². The lowest BCUT2D eigenvalue weighted by Gasteiger charge is -2.24. The van der Waals surface area contributed by atoms with Crippen LogP contribution in [0.25, 0.3) is 0 Å². The fourth-order valence-corrected chi connectivity index (χ4v) is 3.06. The highest BCUT2D eigenvalue weighted by atomic mass is 16.5. The van der Waals surface area contributed by atoms with E-state index in [4.69, 9.17) is 10.6 Å². The van der Waals surface area contributed by atoms with Crippen molar-refractivity contribution in [2.75, 3.05) is 7.11 Å². The van der Waals surface area contributed by atoms with Gasteiger partial charge in [0.2, 0.25) is 0 Å². The summed E-state index contributed by atoms with van der Waals surface area (Å²) < 4.78 is 5.19. The van der Waals surface area contributed by atoms with Gasteiger partial charge in [0.15, 0.2) is 0 Å². The molecule has 0 saturated heterocycles. The lowest BCUT2D eigenvalue weighted by molar-refractivity contribution is 0.315. The van der Waals surface area contributed by atoms with E-state index < -0.39 is 0 Å². The maximum Gasteiger partial charge on any atom is 0.118 e. The molecular formula is C16H26N2O. The van der Waals surface area contributed by atoms with E-state index in [-0.39, 0.29) is 6.04 Å². The second-order valence-electron chi connectivity index (χ2n) is 5.57. The first-order chi connectivity index (χ1) is 9.33. The quantitative estimate of drug-likeness (QED) is 0.608. The Morgan fingerprint density at radius 3 is 2.47 bits per heavy atom. The van der Waals surface area contributed by atoms with Crippen LogP contribution in [-0.4, -0.2) is 7.11 Å². The minimum Gasteiger partial charge on any atom is -0.497 e. The third-order valence-electron chi connectivity index (χ3n) is 4.31. The Hall–Kier alpha value is -1.06.